The van der Waals surface area contributed by atoms with Crippen LogP contribution >= 0.6 is 0 Å². The molecule has 3 rings (SSSR count). The Kier molecular flexibility index (Phi) is 6.35. The summed E-state index contributed by atoms with van der Waals surface area (Å²) in [5, 5.41) is 10.5. The number of fused-ring (bicyclic) bond motifs is 1. The molecule has 27 heavy (non-hydrogen) atoms. The molecule has 3 N–H and O–H groups in total. The Hall–Kier alpha value is -2.53. The molecule has 3 aromatic rings. The Labute approximate surface area is 161 Å². The molecule has 5 heteroatoms. The number of unbranched alkanes of at least 4 members (excludes halogenated alkanes) is 2. The number of aryl methyl sites for hydroxylation is 2. The second-order valence-electron chi connectivity index (χ2n) is 7.09. The Bertz CT molecular complexity index is 871. The van der Waals surface area contributed by atoms with Gasteiger partial charge in [0.1, 0.15) is 36.0 Å². The van der Waals surface area contributed by atoms with Crippen molar-refractivity contribution in [3.05, 3.63) is 54.1 Å². The van der Waals surface area contributed by atoms with Gasteiger partial charge in [0.2, 0.25) is 0 Å². The summed E-state index contributed by atoms with van der Waals surface area (Å²) in [5.41, 5.74) is 9.78. The first-order chi connectivity index (χ1) is 13.1. The Morgan fingerprint density at radius 2 is 1.85 bits per heavy atom. The summed E-state index contributed by atoms with van der Waals surface area (Å²) in [6.45, 7) is 5.75. The van der Waals surface area contributed by atoms with Crippen molar-refractivity contribution in [1.82, 2.24) is 4.57 Å². The fraction of sp³-hybridized carbons (Fsp3) is 0.409. The number of nitrogen functional groups attached to an aromatic ring is 1. The van der Waals surface area contributed by atoms with Crippen LogP contribution in [-0.2, 0) is 13.1 Å². The highest BCUT2D eigenvalue weighted by Gasteiger charge is 2.22. The van der Waals surface area contributed by atoms with Crippen molar-refractivity contribution in [2.24, 2.45) is 0 Å². The number of aromatic nitrogens is 2. The van der Waals surface area contributed by atoms with Crippen molar-refractivity contribution in [2.45, 2.75) is 52.3 Å². The van der Waals surface area contributed by atoms with E-state index in [0.29, 0.717) is 12.5 Å². The molecule has 0 bridgehead atoms. The van der Waals surface area contributed by atoms with Crippen molar-refractivity contribution in [2.75, 3.05) is 12.3 Å². The molecule has 0 amide bonds. The van der Waals surface area contributed by atoms with Crippen LogP contribution in [0.4, 0.5) is 5.95 Å². The van der Waals surface area contributed by atoms with Crippen LogP contribution in [0.3, 0.4) is 0 Å². The van der Waals surface area contributed by atoms with Crippen LogP contribution in [-0.4, -0.2) is 22.4 Å². The third kappa shape index (κ3) is 4.61. The van der Waals surface area contributed by atoms with Gasteiger partial charge in [-0.1, -0.05) is 49.6 Å². The first-order valence-electron chi connectivity index (χ1n) is 9.74. The number of rotatable bonds is 9. The van der Waals surface area contributed by atoms with Gasteiger partial charge in [-0.3, -0.25) is 5.73 Å². The first kappa shape index (κ1) is 19.2. The predicted molar refractivity (Wildman–Crippen MR) is 109 cm³/mol. The largest absolute Gasteiger partial charge is 0.491 e. The highest BCUT2D eigenvalue weighted by Crippen LogP contribution is 2.18. The monoisotopic (exact) mass is 368 g/mol. The summed E-state index contributed by atoms with van der Waals surface area (Å²) >= 11 is 0. The average Bonchev–Trinajstić information content (AvgIpc) is 2.94. The third-order valence-corrected chi connectivity index (χ3v) is 4.86. The molecule has 0 radical (unpaired) electrons. The minimum absolute atomic E-state index is 0.227. The molecule has 1 aromatic heterocycles. The lowest BCUT2D eigenvalue weighted by atomic mass is 10.2. The van der Waals surface area contributed by atoms with Gasteiger partial charge in [-0.2, -0.15) is 0 Å². The quantitative estimate of drug-likeness (QED) is 0.449. The highest BCUT2D eigenvalue weighted by molar-refractivity contribution is 5.73. The normalized spacial score (nSPS) is 12.4. The summed E-state index contributed by atoms with van der Waals surface area (Å²) in [5.74, 6) is 1.45. The summed E-state index contributed by atoms with van der Waals surface area (Å²) in [7, 11) is 0. The molecule has 0 aliphatic heterocycles. The van der Waals surface area contributed by atoms with E-state index in [-0.39, 0.29) is 6.61 Å². The van der Waals surface area contributed by atoms with Crippen LogP contribution in [0.25, 0.3) is 11.0 Å². The zero-order valence-electron chi connectivity index (χ0n) is 16.3. The third-order valence-electron chi connectivity index (χ3n) is 4.86. The van der Waals surface area contributed by atoms with E-state index in [0.717, 1.165) is 29.7 Å². The molecular formula is C22H30N3O2+. The van der Waals surface area contributed by atoms with Crippen LogP contribution in [0.1, 0.15) is 31.7 Å². The molecule has 0 aliphatic carbocycles. The number of aliphatic hydroxyl groups is 1. The number of anilines is 1. The van der Waals surface area contributed by atoms with Gasteiger partial charge in [0.15, 0.2) is 0 Å². The molecular weight excluding hydrogens is 338 g/mol. The highest BCUT2D eigenvalue weighted by atomic mass is 16.5. The van der Waals surface area contributed by atoms with Crippen LogP contribution in [0, 0.1) is 6.92 Å². The van der Waals surface area contributed by atoms with Crippen molar-refractivity contribution in [3.63, 3.8) is 0 Å². The zero-order valence-corrected chi connectivity index (χ0v) is 16.3. The Morgan fingerprint density at radius 3 is 2.59 bits per heavy atom. The fourth-order valence-electron chi connectivity index (χ4n) is 3.35. The van der Waals surface area contributed by atoms with Gasteiger partial charge in [0.05, 0.1) is 6.54 Å². The number of hydrogen-bond acceptors (Lipinski definition) is 3. The standard InChI is InChI=1S/C22H29N3O2/c1-3-4-7-14-24-20-8-5-6-9-21(20)25(22(24)23)15-18(26)16-27-19-12-10-17(2)11-13-19/h5-6,8-13,18,23,26H,3-4,7,14-16H2,1-2H3/p+1. The van der Waals surface area contributed by atoms with Crippen LogP contribution in [0.5, 0.6) is 5.75 Å². The summed E-state index contributed by atoms with van der Waals surface area (Å²) in [6, 6.07) is 16.0. The number of para-hydroxylation sites is 2. The van der Waals surface area contributed by atoms with Gasteiger partial charge in [0, 0.05) is 0 Å². The molecule has 2 aromatic carbocycles. The molecule has 144 valence electrons. The summed E-state index contributed by atoms with van der Waals surface area (Å²) in [4.78, 5) is 0. The second-order valence-corrected chi connectivity index (χ2v) is 7.09. The van der Waals surface area contributed by atoms with Gasteiger partial charge < -0.3 is 9.84 Å². The topological polar surface area (TPSA) is 64.3 Å². The molecule has 1 atom stereocenters. The number of aliphatic hydroxyl groups excluding tert-OH is 1. The van der Waals surface area contributed by atoms with Gasteiger partial charge in [-0.15, -0.1) is 0 Å². The van der Waals surface area contributed by atoms with Gasteiger partial charge in [0.25, 0.3) is 0 Å². The van der Waals surface area contributed by atoms with E-state index < -0.39 is 6.10 Å². The van der Waals surface area contributed by atoms with E-state index in [2.05, 4.69) is 23.6 Å². The summed E-state index contributed by atoms with van der Waals surface area (Å²) in [6.07, 6.45) is 2.81. The molecule has 0 aliphatic rings. The zero-order chi connectivity index (χ0) is 19.2. The van der Waals surface area contributed by atoms with Gasteiger partial charge >= 0.3 is 5.95 Å². The lowest BCUT2D eigenvalue weighted by Crippen LogP contribution is -2.43. The van der Waals surface area contributed by atoms with E-state index in [1.807, 2.05) is 47.9 Å². The smallest absolute Gasteiger partial charge is 0.356 e. The Morgan fingerprint density at radius 1 is 1.11 bits per heavy atom. The molecule has 1 unspecified atom stereocenters. The lowest BCUT2D eigenvalue weighted by Gasteiger charge is -2.12. The van der Waals surface area contributed by atoms with Crippen molar-refractivity contribution >= 4 is 17.0 Å². The molecule has 1 heterocycles. The first-order valence-corrected chi connectivity index (χ1v) is 9.74. The van der Waals surface area contributed by atoms with E-state index in [4.69, 9.17) is 10.5 Å². The summed E-state index contributed by atoms with van der Waals surface area (Å²) < 4.78 is 9.86. The molecule has 0 saturated carbocycles. The van der Waals surface area contributed by atoms with Crippen LogP contribution < -0.4 is 15.0 Å². The molecule has 0 spiro atoms. The van der Waals surface area contributed by atoms with Crippen LogP contribution in [0.15, 0.2) is 48.5 Å². The number of imidazole rings is 1. The van der Waals surface area contributed by atoms with E-state index in [1.165, 1.54) is 18.4 Å². The van der Waals surface area contributed by atoms with Crippen LogP contribution in [0.2, 0.25) is 0 Å². The maximum Gasteiger partial charge on any atom is 0.356 e. The predicted octanol–water partition coefficient (Wildman–Crippen LogP) is 3.45. The van der Waals surface area contributed by atoms with E-state index >= 15 is 0 Å². The molecule has 0 saturated heterocycles. The van der Waals surface area contributed by atoms with Gasteiger partial charge in [-0.25, -0.2) is 9.13 Å². The number of nitrogens with two attached hydrogens (primary N) is 1. The van der Waals surface area contributed by atoms with Crippen molar-refractivity contribution in [3.8, 4) is 5.75 Å². The number of benzene rings is 2. The minimum Gasteiger partial charge on any atom is -0.491 e. The van der Waals surface area contributed by atoms with Gasteiger partial charge in [-0.05, 0) is 37.6 Å². The Balaban J connectivity index is 1.73. The van der Waals surface area contributed by atoms with Crippen molar-refractivity contribution in [1.29, 1.82) is 0 Å². The fourth-order valence-corrected chi connectivity index (χ4v) is 3.35. The average molecular weight is 369 g/mol. The maximum atomic E-state index is 10.5. The SMILES string of the molecule is CCCCCn1c(N)[n+](CC(O)COc2ccc(C)cc2)c2ccccc21. The maximum absolute atomic E-state index is 10.5. The lowest BCUT2D eigenvalue weighted by molar-refractivity contribution is -0.665. The molecule has 0 fully saturated rings. The minimum atomic E-state index is -0.645. The van der Waals surface area contributed by atoms with Crippen molar-refractivity contribution < 1.29 is 14.4 Å². The van der Waals surface area contributed by atoms with E-state index in [1.54, 1.807) is 0 Å². The molecule has 5 nitrogen and oxygen atoms in total. The number of nitrogens with zero attached hydrogens (tertiary/aromatic N) is 2. The van der Waals surface area contributed by atoms with E-state index in [9.17, 15) is 5.11 Å². The second kappa shape index (κ2) is 8.91. The number of ether oxygens (including phenoxy) is 1. The number of hydrogen-bond donors (Lipinski definition) is 2.